The Hall–Kier alpha value is -1.11. The molecule has 0 radical (unpaired) electrons. The molecule has 0 atom stereocenters. The van der Waals surface area contributed by atoms with Crippen molar-refractivity contribution in [2.24, 2.45) is 0 Å². The predicted molar refractivity (Wildman–Crippen MR) is 234 cm³/mol. The fraction of sp³-hybridized carbons (Fsp3) is 0.450. The first kappa shape index (κ1) is 36.7. The monoisotopic (exact) mass is 780 g/mol. The maximum Gasteiger partial charge on any atom is 0.107 e. The van der Waals surface area contributed by atoms with Gasteiger partial charge in [0, 0.05) is 48.4 Å². The Morgan fingerprint density at radius 3 is 1.00 bits per heavy atom. The van der Waals surface area contributed by atoms with Crippen LogP contribution in [0.15, 0.2) is 60.7 Å². The van der Waals surface area contributed by atoms with E-state index in [-0.39, 0.29) is 0 Å². The van der Waals surface area contributed by atoms with Crippen LogP contribution in [0.2, 0.25) is 33.2 Å². The normalized spacial score (nSPS) is 13.3. The third-order valence-corrected chi connectivity index (χ3v) is 34.4. The van der Waals surface area contributed by atoms with Gasteiger partial charge < -0.3 is 0 Å². The van der Waals surface area contributed by atoms with Gasteiger partial charge in [0.15, 0.2) is 0 Å². The van der Waals surface area contributed by atoms with Crippen LogP contribution in [0.5, 0.6) is 0 Å². The Balaban J connectivity index is 1.22. The van der Waals surface area contributed by atoms with Gasteiger partial charge in [-0.25, -0.2) is 0 Å². The molecule has 0 saturated carbocycles. The van der Waals surface area contributed by atoms with Gasteiger partial charge in [0.1, 0.15) is 16.1 Å². The molecular weight excluding hydrogens is 729 g/mol. The number of hydrogen-bond acceptors (Lipinski definition) is 6. The van der Waals surface area contributed by atoms with Crippen molar-refractivity contribution in [1.29, 1.82) is 0 Å². The second-order valence-corrected chi connectivity index (χ2v) is 34.4. The number of hydrogen-bond donors (Lipinski definition) is 0. The van der Waals surface area contributed by atoms with E-state index < -0.39 is 16.1 Å². The zero-order chi connectivity index (χ0) is 34.7. The standard InChI is InChI=1S/C40H52S6Si2/c1-23(2)47(24(3)4,25(5)6)39-20-19-34(45-39)33-16-15-30(42-33)29-13-14-31(41-29)32-17-18-35(43-32)36-21-37-38(44-36)22-40(46-37)48(26(7)8,27(9)10)28(11)12/h13-28H,1-12H3. The van der Waals surface area contributed by atoms with Crippen LogP contribution in [-0.2, 0) is 0 Å². The minimum Gasteiger partial charge on any atom is -0.144 e. The van der Waals surface area contributed by atoms with Crippen molar-refractivity contribution >= 4 is 103 Å². The van der Waals surface area contributed by atoms with E-state index in [2.05, 4.69) is 166 Å². The molecule has 0 fully saturated rings. The van der Waals surface area contributed by atoms with Crippen LogP contribution in [0.1, 0.15) is 83.1 Å². The molecule has 8 heteroatoms. The maximum atomic E-state index is 2.59. The zero-order valence-corrected chi connectivity index (χ0v) is 37.6. The fourth-order valence-corrected chi connectivity index (χ4v) is 34.3. The second kappa shape index (κ2) is 14.1. The summed E-state index contributed by atoms with van der Waals surface area (Å²) >= 11 is 12.0. The molecule has 6 heterocycles. The molecule has 48 heavy (non-hydrogen) atoms. The molecule has 0 unspecified atom stereocenters. The molecule has 6 aromatic rings. The van der Waals surface area contributed by atoms with Gasteiger partial charge in [-0.05, 0) is 96.8 Å². The van der Waals surface area contributed by atoms with Crippen molar-refractivity contribution in [2.45, 2.75) is 116 Å². The molecule has 0 amide bonds. The van der Waals surface area contributed by atoms with E-state index in [1.807, 2.05) is 45.3 Å². The lowest BCUT2D eigenvalue weighted by Gasteiger charge is -2.42. The summed E-state index contributed by atoms with van der Waals surface area (Å²) in [6.45, 7) is 29.7. The molecule has 0 nitrogen and oxygen atoms in total. The van der Waals surface area contributed by atoms with Gasteiger partial charge >= 0.3 is 0 Å². The highest BCUT2D eigenvalue weighted by molar-refractivity contribution is 7.37. The van der Waals surface area contributed by atoms with Crippen LogP contribution in [0, 0.1) is 0 Å². The van der Waals surface area contributed by atoms with Crippen LogP contribution >= 0.6 is 68.0 Å². The highest BCUT2D eigenvalue weighted by atomic mass is 32.1. The average molecular weight is 781 g/mol. The molecule has 0 spiro atoms. The third kappa shape index (κ3) is 6.12. The van der Waals surface area contributed by atoms with Gasteiger partial charge in [-0.1, -0.05) is 89.2 Å². The Labute approximate surface area is 316 Å². The molecule has 0 aromatic carbocycles. The zero-order valence-electron chi connectivity index (χ0n) is 30.7. The Bertz CT molecular complexity index is 1910. The largest absolute Gasteiger partial charge is 0.144 e. The van der Waals surface area contributed by atoms with Crippen molar-refractivity contribution < 1.29 is 0 Å². The molecular formula is C40H52S6Si2. The first-order chi connectivity index (χ1) is 22.7. The van der Waals surface area contributed by atoms with E-state index in [4.69, 9.17) is 0 Å². The van der Waals surface area contributed by atoms with Crippen LogP contribution < -0.4 is 9.00 Å². The summed E-state index contributed by atoms with van der Waals surface area (Å²) < 4.78 is 6.35. The Kier molecular flexibility index (Phi) is 10.8. The topological polar surface area (TPSA) is 0 Å². The highest BCUT2D eigenvalue weighted by Crippen LogP contribution is 2.49. The van der Waals surface area contributed by atoms with Crippen molar-refractivity contribution in [3.8, 4) is 39.0 Å². The Morgan fingerprint density at radius 1 is 0.312 bits per heavy atom. The van der Waals surface area contributed by atoms with Crippen LogP contribution in [-0.4, -0.2) is 16.1 Å². The number of fused-ring (bicyclic) bond motifs is 1. The average Bonchev–Trinajstić information content (AvgIpc) is 3.81. The minimum absolute atomic E-state index is 0.737. The highest BCUT2D eigenvalue weighted by Gasteiger charge is 2.46. The summed E-state index contributed by atoms with van der Waals surface area (Å²) in [5, 5.41) is 0. The molecule has 0 aliphatic rings. The summed E-state index contributed by atoms with van der Waals surface area (Å²) in [6.07, 6.45) is 0. The van der Waals surface area contributed by atoms with Crippen molar-refractivity contribution in [3.05, 3.63) is 60.7 Å². The van der Waals surface area contributed by atoms with Gasteiger partial charge in [-0.2, -0.15) is 0 Å². The van der Waals surface area contributed by atoms with E-state index >= 15 is 0 Å². The van der Waals surface area contributed by atoms with Crippen molar-refractivity contribution in [2.75, 3.05) is 0 Å². The summed E-state index contributed by atoms with van der Waals surface area (Å²) in [5.74, 6) is 0. The van der Waals surface area contributed by atoms with E-state index in [9.17, 15) is 0 Å². The molecule has 0 saturated heterocycles. The molecule has 0 aliphatic carbocycles. The summed E-state index contributed by atoms with van der Waals surface area (Å²) in [4.78, 5) is 11.2. The van der Waals surface area contributed by atoms with Crippen molar-refractivity contribution in [3.63, 3.8) is 0 Å². The van der Waals surface area contributed by atoms with Gasteiger partial charge in [0.05, 0.1) is 0 Å². The van der Waals surface area contributed by atoms with E-state index in [0.29, 0.717) is 0 Å². The second-order valence-electron chi connectivity index (χ2n) is 15.4. The smallest absolute Gasteiger partial charge is 0.107 e. The molecule has 0 aliphatic heterocycles. The molecule has 0 bridgehead atoms. The van der Waals surface area contributed by atoms with Crippen LogP contribution in [0.4, 0.5) is 0 Å². The predicted octanol–water partition coefficient (Wildman–Crippen LogP) is 15.6. The molecule has 0 N–H and O–H groups in total. The van der Waals surface area contributed by atoms with Gasteiger partial charge in [-0.3, -0.25) is 0 Å². The quantitative estimate of drug-likeness (QED) is 0.109. The van der Waals surface area contributed by atoms with E-state index in [1.165, 1.54) is 48.4 Å². The lowest BCUT2D eigenvalue weighted by atomic mass is 10.3. The lowest BCUT2D eigenvalue weighted by molar-refractivity contribution is 0.837. The molecule has 6 aromatic heterocycles. The van der Waals surface area contributed by atoms with Gasteiger partial charge in [0.25, 0.3) is 0 Å². The summed E-state index contributed by atoms with van der Waals surface area (Å²) in [6, 6.07) is 24.0. The minimum atomic E-state index is -1.63. The van der Waals surface area contributed by atoms with Gasteiger partial charge in [-0.15, -0.1) is 68.0 Å². The van der Waals surface area contributed by atoms with Gasteiger partial charge in [0.2, 0.25) is 0 Å². The van der Waals surface area contributed by atoms with Crippen molar-refractivity contribution in [1.82, 2.24) is 0 Å². The first-order valence-electron chi connectivity index (χ1n) is 17.7. The lowest BCUT2D eigenvalue weighted by Crippen LogP contribution is -2.54. The third-order valence-electron chi connectivity index (χ3n) is 11.2. The molecule has 256 valence electrons. The summed E-state index contributed by atoms with van der Waals surface area (Å²) in [5.41, 5.74) is 4.45. The van der Waals surface area contributed by atoms with E-state index in [0.717, 1.165) is 33.2 Å². The first-order valence-corrected chi connectivity index (χ1v) is 27.0. The molecule has 6 rings (SSSR count). The Morgan fingerprint density at radius 2 is 0.625 bits per heavy atom. The maximum absolute atomic E-state index is 2.59. The van der Waals surface area contributed by atoms with Crippen LogP contribution in [0.25, 0.3) is 48.4 Å². The SMILES string of the molecule is CC(C)[Si](c1ccc(-c2ccc(-c3ccc(-c4ccc(-c5cc6sc([Si](C(C)C)(C(C)C)C(C)C)cc6s5)s4)s3)s2)s1)(C(C)C)C(C)C. The fourth-order valence-electron chi connectivity index (χ4n) is 9.39. The van der Waals surface area contributed by atoms with E-state index in [1.54, 1.807) is 9.00 Å². The number of rotatable bonds is 12. The summed E-state index contributed by atoms with van der Waals surface area (Å²) in [7, 11) is -3.25. The number of thiophene rings is 6. The van der Waals surface area contributed by atoms with Crippen LogP contribution in [0.3, 0.4) is 0 Å².